The van der Waals surface area contributed by atoms with Gasteiger partial charge in [-0.05, 0) is 6.42 Å². The third-order valence-electron chi connectivity index (χ3n) is 0.748. The van der Waals surface area contributed by atoms with E-state index in [1.807, 2.05) is 0 Å². The molecule has 0 aliphatic rings. The second-order valence-electron chi connectivity index (χ2n) is 1.41. The fourth-order valence-electron chi connectivity index (χ4n) is 0.352. The molecule has 0 rings (SSSR count). The van der Waals surface area contributed by atoms with Crippen LogP contribution in [0.5, 0.6) is 0 Å². The Morgan fingerprint density at radius 2 is 1.86 bits per heavy atom. The minimum atomic E-state index is 0. The molecule has 0 bridgehead atoms. The van der Waals surface area contributed by atoms with Crippen LogP contribution in [0.3, 0.4) is 0 Å². The minimum Gasteiger partial charge on any atom is -0.237 e. The molecule has 2 heteroatoms. The molecule has 0 fully saturated rings. The molecule has 0 aromatic heterocycles. The Morgan fingerprint density at radius 3 is 2.00 bits per heavy atom. The van der Waals surface area contributed by atoms with Gasteiger partial charge in [-0.1, -0.05) is 19.8 Å². The van der Waals surface area contributed by atoms with E-state index in [-0.39, 0.29) is 15.0 Å². The zero-order valence-electron chi connectivity index (χ0n) is 4.24. The van der Waals surface area contributed by atoms with Gasteiger partial charge in [0.1, 0.15) is 0 Å². The van der Waals surface area contributed by atoms with Gasteiger partial charge in [-0.3, -0.25) is 0 Å². The largest absolute Gasteiger partial charge is 0.237 e. The molecule has 0 heterocycles. The van der Waals surface area contributed by atoms with Gasteiger partial charge in [0.2, 0.25) is 0 Å². The van der Waals surface area contributed by atoms with E-state index in [0.717, 1.165) is 19.3 Å². The maximum absolute atomic E-state index is 9.69. The number of hydrogen-bond acceptors (Lipinski definition) is 0. The average Bonchev–Trinajstić information content (AvgIpc) is 1.61. The van der Waals surface area contributed by atoms with Crippen molar-refractivity contribution in [2.24, 2.45) is 0 Å². The molecule has 0 atom stereocenters. The summed E-state index contributed by atoms with van der Waals surface area (Å²) in [5.74, 6) is 0. The summed E-state index contributed by atoms with van der Waals surface area (Å²) < 4.78 is 0. The lowest BCUT2D eigenvalue weighted by Gasteiger charge is -1.84. The summed E-state index contributed by atoms with van der Waals surface area (Å²) in [6.07, 6.45) is 3.11. The SMILES string of the molecule is B.CCCCC[O]. The zero-order chi connectivity index (χ0) is 4.83. The lowest BCUT2D eigenvalue weighted by Crippen LogP contribution is -1.76. The number of unbranched alkanes of at least 4 members (excludes halogenated alkanes) is 2. The van der Waals surface area contributed by atoms with Crippen LogP contribution < -0.4 is 0 Å². The van der Waals surface area contributed by atoms with Crippen LogP contribution >= 0.6 is 0 Å². The van der Waals surface area contributed by atoms with Crippen molar-refractivity contribution in [2.45, 2.75) is 26.2 Å². The van der Waals surface area contributed by atoms with Gasteiger partial charge in [0, 0.05) is 0 Å². The van der Waals surface area contributed by atoms with E-state index >= 15 is 0 Å². The number of hydrogen-bond donors (Lipinski definition) is 0. The second-order valence-corrected chi connectivity index (χ2v) is 1.41. The van der Waals surface area contributed by atoms with Crippen LogP contribution in [0.25, 0.3) is 0 Å². The molecule has 0 saturated carbocycles. The summed E-state index contributed by atoms with van der Waals surface area (Å²) in [4.78, 5) is 0. The molecule has 0 aromatic carbocycles. The minimum absolute atomic E-state index is 0. The van der Waals surface area contributed by atoms with Crippen molar-refractivity contribution in [3.05, 3.63) is 0 Å². The van der Waals surface area contributed by atoms with Crippen LogP contribution in [-0.2, 0) is 5.11 Å². The first-order valence-corrected chi connectivity index (χ1v) is 2.50. The quantitative estimate of drug-likeness (QED) is 0.362. The molecule has 0 aliphatic carbocycles. The normalized spacial score (nSPS) is 7.71. The Bertz CT molecular complexity index is 20.0. The van der Waals surface area contributed by atoms with E-state index in [2.05, 4.69) is 6.92 Å². The number of rotatable bonds is 3. The molecule has 1 nitrogen and oxygen atoms in total. The smallest absolute Gasteiger partial charge is 0.0822 e. The maximum Gasteiger partial charge on any atom is 0.0822 e. The van der Waals surface area contributed by atoms with E-state index in [1.165, 1.54) is 0 Å². The Balaban J connectivity index is 0. The van der Waals surface area contributed by atoms with Crippen LogP contribution in [-0.4, -0.2) is 15.0 Å². The first kappa shape index (κ1) is 10.1. The van der Waals surface area contributed by atoms with Gasteiger partial charge in [0.05, 0.1) is 15.0 Å². The van der Waals surface area contributed by atoms with Crippen LogP contribution in [0, 0.1) is 0 Å². The molecule has 0 aliphatic heterocycles. The molecule has 0 saturated heterocycles. The van der Waals surface area contributed by atoms with Crippen LogP contribution in [0.2, 0.25) is 0 Å². The molecule has 0 unspecified atom stereocenters. The van der Waals surface area contributed by atoms with Gasteiger partial charge < -0.3 is 0 Å². The van der Waals surface area contributed by atoms with Gasteiger partial charge in [0.25, 0.3) is 0 Å². The molecule has 0 N–H and O–H groups in total. The van der Waals surface area contributed by atoms with Gasteiger partial charge in [-0.15, -0.1) is 0 Å². The van der Waals surface area contributed by atoms with E-state index in [1.54, 1.807) is 0 Å². The third kappa shape index (κ3) is 10.7. The average molecular weight is 101 g/mol. The fraction of sp³-hybridized carbons (Fsp3) is 1.00. The highest BCUT2D eigenvalue weighted by atomic mass is 16.2. The van der Waals surface area contributed by atoms with Crippen LogP contribution in [0.4, 0.5) is 0 Å². The highest BCUT2D eigenvalue weighted by molar-refractivity contribution is 5.75. The van der Waals surface area contributed by atoms with Gasteiger partial charge in [-0.25, -0.2) is 5.11 Å². The summed E-state index contributed by atoms with van der Waals surface area (Å²) in [6, 6.07) is 0. The fourth-order valence-corrected chi connectivity index (χ4v) is 0.352. The van der Waals surface area contributed by atoms with Crippen molar-refractivity contribution in [3.63, 3.8) is 0 Å². The maximum atomic E-state index is 9.69. The topological polar surface area (TPSA) is 19.9 Å². The lowest BCUT2D eigenvalue weighted by atomic mass is 10.3. The monoisotopic (exact) mass is 101 g/mol. The first-order chi connectivity index (χ1) is 2.91. The zero-order valence-corrected chi connectivity index (χ0v) is 4.24. The van der Waals surface area contributed by atoms with Crippen molar-refractivity contribution in [2.75, 3.05) is 6.61 Å². The third-order valence-corrected chi connectivity index (χ3v) is 0.748. The standard InChI is InChI=1S/C5H11O.BH3/c1-2-3-4-5-6;/h2-5H2,1H3;1H3. The Kier molecular flexibility index (Phi) is 13.5. The van der Waals surface area contributed by atoms with Crippen molar-refractivity contribution >= 4 is 8.41 Å². The van der Waals surface area contributed by atoms with Crippen molar-refractivity contribution in [1.29, 1.82) is 0 Å². The molecule has 0 spiro atoms. The van der Waals surface area contributed by atoms with Crippen molar-refractivity contribution in [1.82, 2.24) is 0 Å². The van der Waals surface area contributed by atoms with Crippen molar-refractivity contribution in [3.8, 4) is 0 Å². The van der Waals surface area contributed by atoms with Crippen LogP contribution in [0.1, 0.15) is 26.2 Å². The van der Waals surface area contributed by atoms with Gasteiger partial charge in [0.15, 0.2) is 0 Å². The summed E-state index contributed by atoms with van der Waals surface area (Å²) in [5, 5.41) is 9.69. The molecule has 0 amide bonds. The second kappa shape index (κ2) is 9.39. The summed E-state index contributed by atoms with van der Waals surface area (Å²) in [5.41, 5.74) is 0. The summed E-state index contributed by atoms with van der Waals surface area (Å²) in [7, 11) is 0. The van der Waals surface area contributed by atoms with E-state index < -0.39 is 0 Å². The highest BCUT2D eigenvalue weighted by Crippen LogP contribution is 1.89. The predicted octanol–water partition coefficient (Wildman–Crippen LogP) is 0.423. The molecule has 7 heavy (non-hydrogen) atoms. The van der Waals surface area contributed by atoms with E-state index in [4.69, 9.17) is 0 Å². The Morgan fingerprint density at radius 1 is 1.29 bits per heavy atom. The van der Waals surface area contributed by atoms with Crippen LogP contribution in [0.15, 0.2) is 0 Å². The summed E-state index contributed by atoms with van der Waals surface area (Å²) >= 11 is 0. The molecule has 0 aromatic rings. The van der Waals surface area contributed by atoms with Crippen molar-refractivity contribution < 1.29 is 5.11 Å². The Labute approximate surface area is 47.3 Å². The molecule has 1 radical (unpaired) electrons. The van der Waals surface area contributed by atoms with Gasteiger partial charge in [-0.2, -0.15) is 0 Å². The van der Waals surface area contributed by atoms with E-state index in [0.29, 0.717) is 0 Å². The molecule has 43 valence electrons. The first-order valence-electron chi connectivity index (χ1n) is 2.50. The predicted molar refractivity (Wildman–Crippen MR) is 35.0 cm³/mol. The van der Waals surface area contributed by atoms with Gasteiger partial charge >= 0.3 is 0 Å². The summed E-state index contributed by atoms with van der Waals surface area (Å²) in [6.45, 7) is 2.20. The lowest BCUT2D eigenvalue weighted by molar-refractivity contribution is 0.186. The molecular weight excluding hydrogens is 86.9 g/mol. The Hall–Kier alpha value is 0.0249. The molecular formula is C5H14BO. The highest BCUT2D eigenvalue weighted by Gasteiger charge is 1.77. The van der Waals surface area contributed by atoms with E-state index in [9.17, 15) is 5.11 Å².